The minimum Gasteiger partial charge on any atom is -0.480 e. The van der Waals surface area contributed by atoms with E-state index in [0.29, 0.717) is 6.04 Å². The van der Waals surface area contributed by atoms with E-state index in [1.54, 1.807) is 12.1 Å². The predicted molar refractivity (Wildman–Crippen MR) is 93.5 cm³/mol. The number of carbonyl (C=O) groups is 1. The van der Waals surface area contributed by atoms with E-state index in [1.165, 1.54) is 12.1 Å². The van der Waals surface area contributed by atoms with Crippen LogP contribution in [0.15, 0.2) is 24.3 Å². The van der Waals surface area contributed by atoms with Gasteiger partial charge in [0, 0.05) is 24.7 Å². The fourth-order valence-electron chi connectivity index (χ4n) is 3.06. The molecule has 0 spiro atoms. The average molecular weight is 358 g/mol. The molecule has 1 saturated heterocycles. The number of nitrogens with zero attached hydrogens (tertiary/aromatic N) is 3. The molecule has 1 unspecified atom stereocenters. The topological polar surface area (TPSA) is 86.9 Å². The van der Waals surface area contributed by atoms with E-state index in [1.807, 2.05) is 11.9 Å². The van der Waals surface area contributed by atoms with Crippen LogP contribution in [0.2, 0.25) is 0 Å². The molecule has 1 aliphatic heterocycles. The van der Waals surface area contributed by atoms with Crippen LogP contribution in [0.5, 0.6) is 0 Å². The summed E-state index contributed by atoms with van der Waals surface area (Å²) in [7, 11) is 1.87. The van der Waals surface area contributed by atoms with Crippen LogP contribution in [0.4, 0.5) is 5.69 Å². The third-order valence-electron chi connectivity index (χ3n) is 4.35. The summed E-state index contributed by atoms with van der Waals surface area (Å²) in [5.41, 5.74) is 1.17. The van der Waals surface area contributed by atoms with Gasteiger partial charge in [-0.05, 0) is 45.0 Å². The zero-order chi connectivity index (χ0) is 16.8. The van der Waals surface area contributed by atoms with Crippen LogP contribution in [0.1, 0.15) is 24.8 Å². The van der Waals surface area contributed by atoms with Gasteiger partial charge in [0.25, 0.3) is 5.69 Å². The van der Waals surface area contributed by atoms with Crippen molar-refractivity contribution in [2.45, 2.75) is 31.8 Å². The molecule has 1 fully saturated rings. The van der Waals surface area contributed by atoms with Crippen LogP contribution in [0.3, 0.4) is 0 Å². The van der Waals surface area contributed by atoms with Crippen molar-refractivity contribution in [3.8, 4) is 0 Å². The Morgan fingerprint density at radius 2 is 2.00 bits per heavy atom. The number of likely N-dealkylation sites (N-methyl/N-ethyl adjacent to an activating group) is 1. The number of carboxylic acids is 1. The molecule has 0 radical (unpaired) electrons. The number of hydrogen-bond acceptors (Lipinski definition) is 5. The van der Waals surface area contributed by atoms with Gasteiger partial charge in [0.1, 0.15) is 0 Å². The molecule has 1 atom stereocenters. The van der Waals surface area contributed by atoms with Gasteiger partial charge in [-0.25, -0.2) is 0 Å². The lowest BCUT2D eigenvalue weighted by Crippen LogP contribution is -2.36. The van der Waals surface area contributed by atoms with Crippen LogP contribution in [-0.2, 0) is 11.3 Å². The van der Waals surface area contributed by atoms with Crippen LogP contribution in [0.25, 0.3) is 0 Å². The van der Waals surface area contributed by atoms with Gasteiger partial charge < -0.3 is 5.11 Å². The summed E-state index contributed by atoms with van der Waals surface area (Å²) < 4.78 is 0. The lowest BCUT2D eigenvalue weighted by molar-refractivity contribution is -0.384. The normalized spacial score (nSPS) is 18.7. The Kier molecular flexibility index (Phi) is 8.10. The fraction of sp³-hybridized carbons (Fsp3) is 0.562. The van der Waals surface area contributed by atoms with Crippen LogP contribution < -0.4 is 0 Å². The molecular weight excluding hydrogens is 334 g/mol. The number of rotatable bonds is 6. The average Bonchev–Trinajstić information content (AvgIpc) is 2.73. The Balaban J connectivity index is 0.00000288. The predicted octanol–water partition coefficient (Wildman–Crippen LogP) is 2.39. The van der Waals surface area contributed by atoms with Gasteiger partial charge in [-0.15, -0.1) is 12.4 Å². The molecule has 1 N–H and O–H groups in total. The second-order valence-electron chi connectivity index (χ2n) is 6.09. The van der Waals surface area contributed by atoms with Gasteiger partial charge in [0.05, 0.1) is 11.5 Å². The number of halogens is 1. The SMILES string of the molecule is CN(CC(=O)O)C1CCCN(Cc2ccc([N+](=O)[O-])cc2)CC1.Cl. The highest BCUT2D eigenvalue weighted by Gasteiger charge is 2.21. The van der Waals surface area contributed by atoms with Gasteiger partial charge in [0.2, 0.25) is 0 Å². The maximum absolute atomic E-state index is 10.8. The van der Waals surface area contributed by atoms with Crippen molar-refractivity contribution in [1.29, 1.82) is 0 Å². The van der Waals surface area contributed by atoms with E-state index in [4.69, 9.17) is 5.11 Å². The van der Waals surface area contributed by atoms with Crippen molar-refractivity contribution in [2.24, 2.45) is 0 Å². The van der Waals surface area contributed by atoms with Crippen molar-refractivity contribution < 1.29 is 14.8 Å². The maximum Gasteiger partial charge on any atom is 0.317 e. The minimum atomic E-state index is -0.792. The van der Waals surface area contributed by atoms with Crippen LogP contribution in [0, 0.1) is 10.1 Å². The first-order valence-corrected chi connectivity index (χ1v) is 7.83. The third kappa shape index (κ3) is 6.07. The molecule has 134 valence electrons. The molecule has 0 aliphatic carbocycles. The molecule has 7 nitrogen and oxygen atoms in total. The number of carboxylic acid groups (broad SMARTS) is 1. The number of hydrogen-bond donors (Lipinski definition) is 1. The third-order valence-corrected chi connectivity index (χ3v) is 4.35. The second kappa shape index (κ2) is 9.56. The van der Waals surface area contributed by atoms with E-state index in [2.05, 4.69) is 4.90 Å². The monoisotopic (exact) mass is 357 g/mol. The van der Waals surface area contributed by atoms with E-state index in [9.17, 15) is 14.9 Å². The summed E-state index contributed by atoms with van der Waals surface area (Å²) in [6.07, 6.45) is 2.97. The lowest BCUT2D eigenvalue weighted by atomic mass is 10.1. The number of aliphatic carboxylic acids is 1. The fourth-order valence-corrected chi connectivity index (χ4v) is 3.06. The largest absolute Gasteiger partial charge is 0.480 e. The summed E-state index contributed by atoms with van der Waals surface area (Å²) in [5.74, 6) is -0.792. The van der Waals surface area contributed by atoms with E-state index in [-0.39, 0.29) is 24.6 Å². The van der Waals surface area contributed by atoms with Crippen molar-refractivity contribution in [2.75, 3.05) is 26.7 Å². The number of likely N-dealkylation sites (tertiary alicyclic amines) is 1. The van der Waals surface area contributed by atoms with Crippen molar-refractivity contribution in [3.63, 3.8) is 0 Å². The van der Waals surface area contributed by atoms with E-state index in [0.717, 1.165) is 44.5 Å². The Hall–Kier alpha value is -1.70. The molecule has 1 aromatic rings. The van der Waals surface area contributed by atoms with Gasteiger partial charge in [-0.2, -0.15) is 0 Å². The molecule has 8 heteroatoms. The first kappa shape index (κ1) is 20.3. The summed E-state index contributed by atoms with van der Waals surface area (Å²) in [6.45, 7) is 2.72. The quantitative estimate of drug-likeness (QED) is 0.621. The highest BCUT2D eigenvalue weighted by atomic mass is 35.5. The van der Waals surface area contributed by atoms with Gasteiger partial charge >= 0.3 is 5.97 Å². The molecular formula is C16H24ClN3O4. The lowest BCUT2D eigenvalue weighted by Gasteiger charge is -2.25. The Bertz CT molecular complexity index is 553. The van der Waals surface area contributed by atoms with Crippen molar-refractivity contribution >= 4 is 24.1 Å². The smallest absolute Gasteiger partial charge is 0.317 e. The number of benzene rings is 1. The maximum atomic E-state index is 10.8. The molecule has 0 saturated carbocycles. The minimum absolute atomic E-state index is 0. The molecule has 0 amide bonds. The van der Waals surface area contributed by atoms with E-state index >= 15 is 0 Å². The first-order chi connectivity index (χ1) is 11.0. The number of nitro benzene ring substituents is 1. The molecule has 24 heavy (non-hydrogen) atoms. The molecule has 1 aliphatic rings. The van der Waals surface area contributed by atoms with Gasteiger partial charge in [-0.1, -0.05) is 12.1 Å². The molecule has 0 bridgehead atoms. The highest BCUT2D eigenvalue weighted by Crippen LogP contribution is 2.19. The zero-order valence-electron chi connectivity index (χ0n) is 13.8. The second-order valence-corrected chi connectivity index (χ2v) is 6.09. The summed E-state index contributed by atoms with van der Waals surface area (Å²) >= 11 is 0. The molecule has 0 aromatic heterocycles. The Morgan fingerprint density at radius 3 is 2.58 bits per heavy atom. The van der Waals surface area contributed by atoms with Gasteiger partial charge in [-0.3, -0.25) is 24.7 Å². The Morgan fingerprint density at radius 1 is 1.33 bits per heavy atom. The molecule has 2 rings (SSSR count). The standard InChI is InChI=1S/C16H23N3O4.ClH/c1-17(12-16(20)21)14-3-2-9-18(10-8-14)11-13-4-6-15(7-5-13)19(22)23;/h4-7,14H,2-3,8-12H2,1H3,(H,20,21);1H. The van der Waals surface area contributed by atoms with Gasteiger partial charge in [0.15, 0.2) is 0 Å². The number of non-ortho nitro benzene ring substituents is 1. The van der Waals surface area contributed by atoms with Crippen LogP contribution in [-0.4, -0.2) is 58.5 Å². The molecule has 1 aromatic carbocycles. The van der Waals surface area contributed by atoms with Crippen LogP contribution >= 0.6 is 12.4 Å². The Labute approximate surface area is 147 Å². The van der Waals surface area contributed by atoms with Crippen molar-refractivity contribution in [3.05, 3.63) is 39.9 Å². The zero-order valence-corrected chi connectivity index (χ0v) is 14.6. The summed E-state index contributed by atoms with van der Waals surface area (Å²) in [6, 6.07) is 6.98. The summed E-state index contributed by atoms with van der Waals surface area (Å²) in [4.78, 5) is 25.3. The number of nitro groups is 1. The van der Waals surface area contributed by atoms with E-state index < -0.39 is 10.9 Å². The molecule has 1 heterocycles. The summed E-state index contributed by atoms with van der Waals surface area (Å²) in [5, 5.41) is 19.6. The first-order valence-electron chi connectivity index (χ1n) is 7.83. The highest BCUT2D eigenvalue weighted by molar-refractivity contribution is 5.85. The van der Waals surface area contributed by atoms with Crippen molar-refractivity contribution in [1.82, 2.24) is 9.80 Å².